The van der Waals surface area contributed by atoms with Crippen LogP contribution in [0.3, 0.4) is 0 Å². The Kier molecular flexibility index (Phi) is 3.80. The van der Waals surface area contributed by atoms with Crippen molar-refractivity contribution in [2.24, 2.45) is 0 Å². The van der Waals surface area contributed by atoms with E-state index in [0.29, 0.717) is 12.1 Å². The first-order valence-electron chi connectivity index (χ1n) is 5.97. The highest BCUT2D eigenvalue weighted by Crippen LogP contribution is 2.36. The van der Waals surface area contributed by atoms with Crippen molar-refractivity contribution in [1.29, 1.82) is 0 Å². The molecule has 1 unspecified atom stereocenters. The SMILES string of the molecule is CC1(CNC(=O)c2ccc(N)c(F)c2)CCCS1. The fraction of sp³-hybridized carbons (Fsp3) is 0.462. The molecular formula is C13H17FN2OS. The van der Waals surface area contributed by atoms with Gasteiger partial charge in [-0.15, -0.1) is 0 Å². The van der Waals surface area contributed by atoms with Gasteiger partial charge in [-0.25, -0.2) is 4.39 Å². The minimum Gasteiger partial charge on any atom is -0.396 e. The average Bonchev–Trinajstić information content (AvgIpc) is 2.77. The van der Waals surface area contributed by atoms with Gasteiger partial charge < -0.3 is 11.1 Å². The Balaban J connectivity index is 1.97. The number of nitrogen functional groups attached to an aromatic ring is 1. The molecule has 0 aliphatic carbocycles. The summed E-state index contributed by atoms with van der Waals surface area (Å²) in [5.41, 5.74) is 5.75. The second-order valence-electron chi connectivity index (χ2n) is 4.82. The first kappa shape index (κ1) is 13.2. The van der Waals surface area contributed by atoms with Crippen LogP contribution >= 0.6 is 11.8 Å². The van der Waals surface area contributed by atoms with Crippen molar-refractivity contribution in [3.05, 3.63) is 29.6 Å². The number of nitrogens with two attached hydrogens (primary N) is 1. The van der Waals surface area contributed by atoms with E-state index in [9.17, 15) is 9.18 Å². The number of amides is 1. The Labute approximate surface area is 110 Å². The fourth-order valence-corrected chi connectivity index (χ4v) is 3.26. The number of halogens is 1. The summed E-state index contributed by atoms with van der Waals surface area (Å²) in [6, 6.07) is 4.13. The molecule has 0 radical (unpaired) electrons. The standard InChI is InChI=1S/C13H17FN2OS/c1-13(5-2-6-18-13)8-16-12(17)9-3-4-11(15)10(14)7-9/h3-4,7H,2,5-6,8,15H2,1H3,(H,16,17). The molecule has 2 rings (SSSR count). The predicted octanol–water partition coefficient (Wildman–Crippen LogP) is 2.42. The van der Waals surface area contributed by atoms with Crippen molar-refractivity contribution in [2.45, 2.75) is 24.5 Å². The maximum absolute atomic E-state index is 13.2. The van der Waals surface area contributed by atoms with Crippen LogP contribution in [0.1, 0.15) is 30.1 Å². The van der Waals surface area contributed by atoms with Gasteiger partial charge in [0.15, 0.2) is 0 Å². The van der Waals surface area contributed by atoms with Gasteiger partial charge in [-0.05, 0) is 43.7 Å². The Morgan fingerprint density at radius 2 is 2.39 bits per heavy atom. The Morgan fingerprint density at radius 3 is 3.00 bits per heavy atom. The van der Waals surface area contributed by atoms with Crippen LogP contribution in [0.25, 0.3) is 0 Å². The van der Waals surface area contributed by atoms with Gasteiger partial charge in [0.25, 0.3) is 5.91 Å². The summed E-state index contributed by atoms with van der Waals surface area (Å²) in [6.45, 7) is 2.76. The van der Waals surface area contributed by atoms with E-state index in [1.54, 1.807) is 0 Å². The quantitative estimate of drug-likeness (QED) is 0.828. The second-order valence-corrected chi connectivity index (χ2v) is 6.50. The van der Waals surface area contributed by atoms with E-state index >= 15 is 0 Å². The molecule has 1 aliphatic rings. The zero-order valence-electron chi connectivity index (χ0n) is 10.3. The minimum absolute atomic E-state index is 0.0601. The summed E-state index contributed by atoms with van der Waals surface area (Å²) >= 11 is 1.88. The molecule has 1 heterocycles. The van der Waals surface area contributed by atoms with Gasteiger partial charge >= 0.3 is 0 Å². The number of thioether (sulfide) groups is 1. The number of anilines is 1. The van der Waals surface area contributed by atoms with Crippen LogP contribution < -0.4 is 11.1 Å². The first-order chi connectivity index (χ1) is 8.50. The van der Waals surface area contributed by atoms with E-state index in [4.69, 9.17) is 5.73 Å². The Morgan fingerprint density at radius 1 is 1.61 bits per heavy atom. The number of carbonyl (C=O) groups excluding carboxylic acids is 1. The number of hydrogen-bond acceptors (Lipinski definition) is 3. The fourth-order valence-electron chi connectivity index (χ4n) is 2.01. The molecule has 3 nitrogen and oxygen atoms in total. The zero-order valence-corrected chi connectivity index (χ0v) is 11.1. The molecule has 1 aliphatic heterocycles. The van der Waals surface area contributed by atoms with Crippen molar-refractivity contribution in [3.8, 4) is 0 Å². The summed E-state index contributed by atoms with van der Waals surface area (Å²) in [5.74, 6) is 0.342. The summed E-state index contributed by atoms with van der Waals surface area (Å²) in [7, 11) is 0. The molecule has 0 saturated carbocycles. The van der Waals surface area contributed by atoms with Gasteiger partial charge in [-0.3, -0.25) is 4.79 Å². The number of hydrogen-bond donors (Lipinski definition) is 2. The molecule has 1 saturated heterocycles. The van der Waals surface area contributed by atoms with Gasteiger partial charge in [0.1, 0.15) is 5.82 Å². The predicted molar refractivity (Wildman–Crippen MR) is 73.2 cm³/mol. The molecule has 0 bridgehead atoms. The largest absolute Gasteiger partial charge is 0.396 e. The number of rotatable bonds is 3. The second kappa shape index (κ2) is 5.18. The maximum Gasteiger partial charge on any atom is 0.251 e. The van der Waals surface area contributed by atoms with Crippen LogP contribution in [0.5, 0.6) is 0 Å². The van der Waals surface area contributed by atoms with Crippen molar-refractivity contribution >= 4 is 23.4 Å². The highest BCUT2D eigenvalue weighted by atomic mass is 32.2. The third kappa shape index (κ3) is 2.96. The lowest BCUT2D eigenvalue weighted by molar-refractivity contribution is 0.0949. The maximum atomic E-state index is 13.2. The van der Waals surface area contributed by atoms with Crippen LogP contribution in [0, 0.1) is 5.82 Å². The van der Waals surface area contributed by atoms with Crippen LogP contribution in [0.2, 0.25) is 0 Å². The Hall–Kier alpha value is -1.23. The van der Waals surface area contributed by atoms with E-state index in [1.807, 2.05) is 11.8 Å². The van der Waals surface area contributed by atoms with Crippen LogP contribution in [-0.2, 0) is 0 Å². The molecule has 1 amide bonds. The lowest BCUT2D eigenvalue weighted by atomic mass is 10.1. The highest BCUT2D eigenvalue weighted by molar-refractivity contribution is 8.00. The molecule has 98 valence electrons. The molecule has 5 heteroatoms. The van der Waals surface area contributed by atoms with Crippen LogP contribution in [0.15, 0.2) is 18.2 Å². The normalized spacial score (nSPS) is 23.0. The summed E-state index contributed by atoms with van der Waals surface area (Å²) in [5, 5.41) is 2.86. The number of benzene rings is 1. The Bertz CT molecular complexity index is 458. The van der Waals surface area contributed by atoms with Crippen molar-refractivity contribution in [3.63, 3.8) is 0 Å². The van der Waals surface area contributed by atoms with Crippen molar-refractivity contribution < 1.29 is 9.18 Å². The third-order valence-electron chi connectivity index (χ3n) is 3.19. The smallest absolute Gasteiger partial charge is 0.251 e. The van der Waals surface area contributed by atoms with Crippen LogP contribution in [-0.4, -0.2) is 23.0 Å². The van der Waals surface area contributed by atoms with Crippen molar-refractivity contribution in [2.75, 3.05) is 18.0 Å². The van der Waals surface area contributed by atoms with Gasteiger partial charge in [0, 0.05) is 16.9 Å². The molecule has 1 fully saturated rings. The van der Waals surface area contributed by atoms with Gasteiger partial charge in [0.05, 0.1) is 5.69 Å². The van der Waals surface area contributed by atoms with Crippen LogP contribution in [0.4, 0.5) is 10.1 Å². The molecule has 0 spiro atoms. The molecule has 18 heavy (non-hydrogen) atoms. The lowest BCUT2D eigenvalue weighted by Crippen LogP contribution is -2.36. The minimum atomic E-state index is -0.552. The van der Waals surface area contributed by atoms with Gasteiger partial charge in [-0.1, -0.05) is 0 Å². The molecule has 1 aromatic rings. The average molecular weight is 268 g/mol. The summed E-state index contributed by atoms with van der Waals surface area (Å²) in [4.78, 5) is 11.9. The molecule has 1 aromatic carbocycles. The molecule has 0 aromatic heterocycles. The summed E-state index contributed by atoms with van der Waals surface area (Å²) in [6.07, 6.45) is 2.29. The van der Waals surface area contributed by atoms with Crippen molar-refractivity contribution in [1.82, 2.24) is 5.32 Å². The van der Waals surface area contributed by atoms with E-state index in [-0.39, 0.29) is 16.3 Å². The molecular weight excluding hydrogens is 251 g/mol. The monoisotopic (exact) mass is 268 g/mol. The first-order valence-corrected chi connectivity index (χ1v) is 6.96. The lowest BCUT2D eigenvalue weighted by Gasteiger charge is -2.22. The van der Waals surface area contributed by atoms with E-state index in [0.717, 1.165) is 12.2 Å². The van der Waals surface area contributed by atoms with E-state index in [2.05, 4.69) is 12.2 Å². The van der Waals surface area contributed by atoms with E-state index in [1.165, 1.54) is 24.6 Å². The van der Waals surface area contributed by atoms with Gasteiger partial charge in [0.2, 0.25) is 0 Å². The van der Waals surface area contributed by atoms with E-state index < -0.39 is 5.82 Å². The zero-order chi connectivity index (χ0) is 13.2. The number of nitrogens with one attached hydrogen (secondary N) is 1. The number of carbonyl (C=O) groups is 1. The highest BCUT2D eigenvalue weighted by Gasteiger charge is 2.29. The topological polar surface area (TPSA) is 55.1 Å². The van der Waals surface area contributed by atoms with Gasteiger partial charge in [-0.2, -0.15) is 11.8 Å². The summed E-state index contributed by atoms with van der Waals surface area (Å²) < 4.78 is 13.4. The molecule has 1 atom stereocenters. The third-order valence-corrected chi connectivity index (χ3v) is 4.72. The molecule has 3 N–H and O–H groups in total.